The average Bonchev–Trinajstić information content (AvgIpc) is 2.90. The predicted octanol–water partition coefficient (Wildman–Crippen LogP) is 4.57. The Balaban J connectivity index is 2.04. The summed E-state index contributed by atoms with van der Waals surface area (Å²) >= 11 is 0.490. The van der Waals surface area contributed by atoms with Gasteiger partial charge < -0.3 is 0 Å². The molecule has 0 heterocycles. The first-order chi connectivity index (χ1) is 20.7. The van der Waals surface area contributed by atoms with E-state index in [0.29, 0.717) is 12.1 Å². The van der Waals surface area contributed by atoms with Gasteiger partial charge in [-0.3, -0.25) is 10.1 Å². The van der Waals surface area contributed by atoms with Gasteiger partial charge in [0.05, 0.1) is 13.9 Å². The van der Waals surface area contributed by atoms with Gasteiger partial charge in [0.2, 0.25) is 0 Å². The van der Waals surface area contributed by atoms with Crippen LogP contribution in [-0.2, 0) is 24.0 Å². The number of nitro benzene ring substituents is 1. The van der Waals surface area contributed by atoms with Crippen LogP contribution in [0.5, 0.6) is 11.5 Å². The van der Waals surface area contributed by atoms with Crippen molar-refractivity contribution in [2.24, 2.45) is 20.5 Å². The summed E-state index contributed by atoms with van der Waals surface area (Å²) in [5.41, 5.74) is -2.99. The number of nitrogens with zero attached hydrogens (tertiary/aromatic N) is 5. The summed E-state index contributed by atoms with van der Waals surface area (Å²) < 4.78 is 99.2. The number of azo groups is 2. The zero-order chi connectivity index (χ0) is 33.6. The molecule has 4 aromatic carbocycles. The first-order valence-electron chi connectivity index (χ1n) is 11.3. The number of aromatic hydroxyl groups is 2. The molecule has 0 amide bonds. The van der Waals surface area contributed by atoms with Crippen molar-refractivity contribution < 1.29 is 53.0 Å². The number of benzene rings is 4. The topological polar surface area (TPSA) is 299 Å². The second-order valence-corrected chi connectivity index (χ2v) is 16.4. The molecule has 0 spiro atoms. The summed E-state index contributed by atoms with van der Waals surface area (Å²) in [6.07, 6.45) is 0. The summed E-state index contributed by atoms with van der Waals surface area (Å²) in [4.78, 5) is 8.08. The molecule has 4 aromatic rings. The van der Waals surface area contributed by atoms with E-state index < -0.39 is 92.8 Å². The van der Waals surface area contributed by atoms with Gasteiger partial charge in [0.1, 0.15) is 0 Å². The van der Waals surface area contributed by atoms with Gasteiger partial charge >= 0.3 is 199 Å². The number of fused-ring (bicyclic) bond motifs is 1. The fourth-order valence-corrected chi connectivity index (χ4v) is 7.90. The maximum Gasteiger partial charge on any atom is 0.0531 e. The van der Waals surface area contributed by atoms with Crippen molar-refractivity contribution in [3.05, 3.63) is 67.6 Å². The van der Waals surface area contributed by atoms with Gasteiger partial charge in [-0.1, -0.05) is 0 Å². The molecule has 0 radical (unpaired) electrons. The molecular formula is C22H14AsBr2N5O13S2. The molecule has 0 saturated heterocycles. The van der Waals surface area contributed by atoms with Gasteiger partial charge in [0.15, 0.2) is 0 Å². The van der Waals surface area contributed by atoms with Gasteiger partial charge in [-0.2, -0.15) is 0 Å². The molecule has 6 N–H and O–H groups in total. The van der Waals surface area contributed by atoms with E-state index in [9.17, 15) is 58.2 Å². The van der Waals surface area contributed by atoms with E-state index in [1.165, 1.54) is 12.1 Å². The van der Waals surface area contributed by atoms with Crippen molar-refractivity contribution in [2.75, 3.05) is 0 Å². The van der Waals surface area contributed by atoms with E-state index in [1.807, 2.05) is 0 Å². The largest absolute Gasteiger partial charge is 0.0531 e. The van der Waals surface area contributed by atoms with Crippen molar-refractivity contribution in [3.8, 4) is 11.5 Å². The van der Waals surface area contributed by atoms with Crippen LogP contribution in [0.3, 0.4) is 0 Å². The summed E-state index contributed by atoms with van der Waals surface area (Å²) in [7, 11) is -10.5. The number of non-ortho nitro benzene ring substituents is 1. The van der Waals surface area contributed by atoms with Crippen molar-refractivity contribution in [2.45, 2.75) is 9.79 Å². The SMILES string of the molecule is O=[N+]([O-])c1cc(Br)c(N=Nc2c(S(=O)(=O)O)cc3cc(S(=O)(=O)O)c(N=Nc4ccccc4[As](=O)(O)O)c(O)c3c2O)c(Br)c1. The number of nitro groups is 1. The van der Waals surface area contributed by atoms with Crippen LogP contribution < -0.4 is 4.35 Å². The number of phenolic OH excluding ortho intramolecular Hbond substituents is 2. The van der Waals surface area contributed by atoms with Crippen LogP contribution in [0.1, 0.15) is 0 Å². The Morgan fingerprint density at radius 2 is 1.20 bits per heavy atom. The number of hydrogen-bond donors (Lipinski definition) is 6. The van der Waals surface area contributed by atoms with Gasteiger partial charge in [-0.15, -0.1) is 0 Å². The fourth-order valence-electron chi connectivity index (χ4n) is 3.80. The second kappa shape index (κ2) is 12.3. The van der Waals surface area contributed by atoms with Crippen LogP contribution in [0.4, 0.5) is 28.4 Å². The molecule has 0 aliphatic rings. The Kier molecular flexibility index (Phi) is 9.37. The molecule has 45 heavy (non-hydrogen) atoms. The summed E-state index contributed by atoms with van der Waals surface area (Å²) in [6.45, 7) is 0. The zero-order valence-electron chi connectivity index (χ0n) is 21.4. The van der Waals surface area contributed by atoms with Crippen LogP contribution in [0, 0.1) is 10.1 Å². The minimum Gasteiger partial charge on any atom is -0.0481 e. The van der Waals surface area contributed by atoms with Crippen LogP contribution in [0.15, 0.2) is 87.7 Å². The van der Waals surface area contributed by atoms with E-state index >= 15 is 0 Å². The Labute approximate surface area is 270 Å². The maximum atomic E-state index is 12.2. The monoisotopic (exact) mass is 853 g/mol. The van der Waals surface area contributed by atoms with E-state index in [1.54, 1.807) is 0 Å². The molecule has 0 unspecified atom stereocenters. The zero-order valence-corrected chi connectivity index (χ0v) is 28.1. The molecule has 0 aliphatic heterocycles. The molecule has 0 bridgehead atoms. The minimum absolute atomic E-state index is 0.0127. The number of hydrogen-bond acceptors (Lipinski definition) is 13. The van der Waals surface area contributed by atoms with Gasteiger partial charge in [-0.25, -0.2) is 0 Å². The molecular weight excluding hydrogens is 841 g/mol. The van der Waals surface area contributed by atoms with Crippen LogP contribution >= 0.6 is 31.9 Å². The first kappa shape index (κ1) is 34.3. The summed E-state index contributed by atoms with van der Waals surface area (Å²) in [5, 5.41) is 46.5. The van der Waals surface area contributed by atoms with E-state index in [0.717, 1.165) is 24.3 Å². The fraction of sp³-hybridized carbons (Fsp3) is 0. The van der Waals surface area contributed by atoms with Gasteiger partial charge in [0.25, 0.3) is 5.69 Å². The van der Waals surface area contributed by atoms with Gasteiger partial charge in [0, 0.05) is 12.1 Å². The molecule has 18 nitrogen and oxygen atoms in total. The second-order valence-electron chi connectivity index (χ2n) is 8.64. The quantitative estimate of drug-likeness (QED) is 0.0466. The average molecular weight is 855 g/mol. The standard InChI is InChI=1S/C22H14AsBr2N5O13S2/c24-12-7-10(30(36)37)8-13(25)18(12)27-29-20-16(45(41,42)43)6-9-5-15(44(38,39)40)19(21(31)17(9)22(20)32)28-26-14-4-2-1-3-11(14)23(33,34)35/h1-8,31-32H,(H2,33,34,35)(H,38,39,40)(H,41,42,43). The third kappa shape index (κ3) is 7.13. The Hall–Kier alpha value is -3.60. The number of rotatable bonds is 8. The van der Waals surface area contributed by atoms with Crippen LogP contribution in [0.25, 0.3) is 10.8 Å². The van der Waals surface area contributed by atoms with Crippen LogP contribution in [-0.4, -0.2) is 63.4 Å². The maximum absolute atomic E-state index is 12.2. The molecule has 0 saturated carbocycles. The van der Waals surface area contributed by atoms with E-state index in [-0.39, 0.29) is 20.3 Å². The summed E-state index contributed by atoms with van der Waals surface area (Å²) in [6, 6.07) is 7.95. The third-order valence-electron chi connectivity index (χ3n) is 5.72. The van der Waals surface area contributed by atoms with Crippen molar-refractivity contribution in [3.63, 3.8) is 0 Å². The summed E-state index contributed by atoms with van der Waals surface area (Å²) in [5.74, 6) is -2.43. The molecule has 0 fully saturated rings. The third-order valence-corrected chi connectivity index (χ3v) is 10.8. The van der Waals surface area contributed by atoms with E-state index in [4.69, 9.17) is 0 Å². The number of halogens is 2. The van der Waals surface area contributed by atoms with Gasteiger partial charge in [-0.05, 0) is 31.9 Å². The normalized spacial score (nSPS) is 12.8. The molecule has 23 heteroatoms. The Morgan fingerprint density at radius 1 is 0.756 bits per heavy atom. The van der Waals surface area contributed by atoms with Crippen molar-refractivity contribution in [1.82, 2.24) is 0 Å². The van der Waals surface area contributed by atoms with Crippen molar-refractivity contribution in [1.29, 1.82) is 0 Å². The predicted molar refractivity (Wildman–Crippen MR) is 161 cm³/mol. The molecule has 0 aliphatic carbocycles. The first-order valence-corrected chi connectivity index (χ1v) is 19.2. The van der Waals surface area contributed by atoms with Crippen molar-refractivity contribution >= 4 is 110 Å². The van der Waals surface area contributed by atoms with E-state index in [2.05, 4.69) is 52.3 Å². The Bertz CT molecular complexity index is 2240. The molecule has 236 valence electrons. The molecule has 0 atom stereocenters. The van der Waals surface area contributed by atoms with Crippen LogP contribution in [0.2, 0.25) is 0 Å². The molecule has 0 aromatic heterocycles. The Morgan fingerprint density at radius 3 is 1.64 bits per heavy atom. The number of phenols is 2. The minimum atomic E-state index is -5.61. The smallest absolute Gasteiger partial charge is 0.0481 e. The molecule has 4 rings (SSSR count).